The molecule has 0 unspecified atom stereocenters. The van der Waals surface area contributed by atoms with E-state index in [1.807, 2.05) is 0 Å². The predicted octanol–water partition coefficient (Wildman–Crippen LogP) is 1.19. The molecule has 0 aromatic heterocycles. The molecule has 0 fully saturated rings. The fraction of sp³-hybridized carbons (Fsp3) is 0.250. The van der Waals surface area contributed by atoms with Crippen molar-refractivity contribution in [1.29, 1.82) is 0 Å². The van der Waals surface area contributed by atoms with Gasteiger partial charge in [-0.1, -0.05) is 0 Å². The molecule has 0 heterocycles. The van der Waals surface area contributed by atoms with E-state index in [4.69, 9.17) is 4.74 Å². The molecule has 6 heteroatoms. The molecule has 0 N–H and O–H groups in total. The van der Waals surface area contributed by atoms with Crippen LogP contribution in [-0.4, -0.2) is 32.1 Å². The zero-order chi connectivity index (χ0) is 13.7. The van der Waals surface area contributed by atoms with Crippen LogP contribution in [0.5, 0.6) is 5.75 Å². The van der Waals surface area contributed by atoms with Crippen LogP contribution in [0.15, 0.2) is 18.2 Å². The Morgan fingerprint density at radius 3 is 1.67 bits per heavy atom. The van der Waals surface area contributed by atoms with Gasteiger partial charge in [0, 0.05) is 6.92 Å². The van der Waals surface area contributed by atoms with Gasteiger partial charge in [-0.3, -0.25) is 4.79 Å². The monoisotopic (exact) mass is 252 g/mol. The van der Waals surface area contributed by atoms with Crippen molar-refractivity contribution in [2.45, 2.75) is 6.92 Å². The number of carbonyl (C=O) groups excluding carboxylic acids is 3. The number of esters is 3. The van der Waals surface area contributed by atoms with Gasteiger partial charge >= 0.3 is 17.9 Å². The second-order valence-corrected chi connectivity index (χ2v) is 3.32. The Bertz CT molecular complexity index is 457. The van der Waals surface area contributed by atoms with Gasteiger partial charge in [-0.25, -0.2) is 9.59 Å². The van der Waals surface area contributed by atoms with Crippen LogP contribution < -0.4 is 4.74 Å². The van der Waals surface area contributed by atoms with E-state index in [0.717, 1.165) is 0 Å². The molecule has 6 nitrogen and oxygen atoms in total. The summed E-state index contributed by atoms with van der Waals surface area (Å²) in [7, 11) is 2.41. The highest BCUT2D eigenvalue weighted by Gasteiger charge is 2.15. The van der Waals surface area contributed by atoms with Crippen molar-refractivity contribution < 1.29 is 28.6 Å². The summed E-state index contributed by atoms with van der Waals surface area (Å²) in [4.78, 5) is 33.7. The molecule has 0 amide bonds. The predicted molar refractivity (Wildman–Crippen MR) is 60.4 cm³/mol. The molecule has 0 bridgehead atoms. The maximum atomic E-state index is 11.4. The van der Waals surface area contributed by atoms with Gasteiger partial charge in [-0.2, -0.15) is 0 Å². The summed E-state index contributed by atoms with van der Waals surface area (Å²) >= 11 is 0. The van der Waals surface area contributed by atoms with E-state index in [-0.39, 0.29) is 16.9 Å². The molecule has 96 valence electrons. The van der Waals surface area contributed by atoms with Gasteiger partial charge in [0.25, 0.3) is 0 Å². The van der Waals surface area contributed by atoms with E-state index >= 15 is 0 Å². The highest BCUT2D eigenvalue weighted by Crippen LogP contribution is 2.19. The molecule has 0 saturated carbocycles. The van der Waals surface area contributed by atoms with Crippen LogP contribution >= 0.6 is 0 Å². The topological polar surface area (TPSA) is 78.9 Å². The van der Waals surface area contributed by atoms with Gasteiger partial charge in [-0.15, -0.1) is 0 Å². The average Bonchev–Trinajstić information content (AvgIpc) is 2.35. The van der Waals surface area contributed by atoms with Crippen molar-refractivity contribution in [3.05, 3.63) is 29.3 Å². The Morgan fingerprint density at radius 1 is 0.889 bits per heavy atom. The van der Waals surface area contributed by atoms with E-state index in [1.54, 1.807) is 0 Å². The number of hydrogen-bond acceptors (Lipinski definition) is 6. The third-order valence-corrected chi connectivity index (χ3v) is 2.01. The lowest BCUT2D eigenvalue weighted by Crippen LogP contribution is -2.09. The molecule has 1 aromatic rings. The van der Waals surface area contributed by atoms with Crippen LogP contribution in [0, 0.1) is 0 Å². The van der Waals surface area contributed by atoms with Crippen LogP contribution in [0.2, 0.25) is 0 Å². The molecular weight excluding hydrogens is 240 g/mol. The number of ether oxygens (including phenoxy) is 3. The summed E-state index contributed by atoms with van der Waals surface area (Å²) in [6.07, 6.45) is 0. The summed E-state index contributed by atoms with van der Waals surface area (Å²) in [6, 6.07) is 3.91. The molecule has 0 aliphatic rings. The van der Waals surface area contributed by atoms with Crippen LogP contribution in [0.3, 0.4) is 0 Å². The van der Waals surface area contributed by atoms with E-state index in [9.17, 15) is 14.4 Å². The Kier molecular flexibility index (Phi) is 4.42. The van der Waals surface area contributed by atoms with Crippen LogP contribution in [0.1, 0.15) is 27.6 Å². The summed E-state index contributed by atoms with van der Waals surface area (Å²) in [5, 5.41) is 0. The number of carbonyl (C=O) groups is 3. The average molecular weight is 252 g/mol. The van der Waals surface area contributed by atoms with Gasteiger partial charge in [-0.05, 0) is 18.2 Å². The fourth-order valence-electron chi connectivity index (χ4n) is 1.30. The Hall–Kier alpha value is -2.37. The lowest BCUT2D eigenvalue weighted by Gasteiger charge is -2.07. The van der Waals surface area contributed by atoms with Crippen molar-refractivity contribution >= 4 is 17.9 Å². The maximum absolute atomic E-state index is 11.4. The number of methoxy groups -OCH3 is 2. The molecule has 0 atom stereocenters. The molecule has 0 aliphatic heterocycles. The lowest BCUT2D eigenvalue weighted by atomic mass is 10.1. The highest BCUT2D eigenvalue weighted by atomic mass is 16.5. The molecule has 0 saturated heterocycles. The van der Waals surface area contributed by atoms with Gasteiger partial charge in [0.15, 0.2) is 0 Å². The maximum Gasteiger partial charge on any atom is 0.338 e. The van der Waals surface area contributed by atoms with Crippen molar-refractivity contribution in [3.8, 4) is 5.75 Å². The Labute approximate surface area is 103 Å². The van der Waals surface area contributed by atoms with E-state index in [0.29, 0.717) is 0 Å². The lowest BCUT2D eigenvalue weighted by molar-refractivity contribution is -0.131. The van der Waals surface area contributed by atoms with Gasteiger partial charge in [0.2, 0.25) is 0 Å². The van der Waals surface area contributed by atoms with Gasteiger partial charge < -0.3 is 14.2 Å². The van der Waals surface area contributed by atoms with Crippen molar-refractivity contribution in [3.63, 3.8) is 0 Å². The summed E-state index contributed by atoms with van der Waals surface area (Å²) < 4.78 is 13.9. The highest BCUT2D eigenvalue weighted by molar-refractivity contribution is 5.96. The Balaban J connectivity index is 3.23. The first-order chi connectivity index (χ1) is 8.47. The zero-order valence-corrected chi connectivity index (χ0v) is 10.2. The molecule has 0 radical (unpaired) electrons. The number of hydrogen-bond donors (Lipinski definition) is 0. The smallest absolute Gasteiger partial charge is 0.338 e. The third kappa shape index (κ3) is 3.31. The molecular formula is C12H12O6. The van der Waals surface area contributed by atoms with Gasteiger partial charge in [0.05, 0.1) is 25.3 Å². The number of benzene rings is 1. The first-order valence-electron chi connectivity index (χ1n) is 4.98. The molecule has 0 aliphatic carbocycles. The standard InChI is InChI=1S/C12H12O6/c1-7(13)18-10-5-8(11(14)16-2)4-9(6-10)12(15)17-3/h4-6H,1-3H3. The molecule has 18 heavy (non-hydrogen) atoms. The quantitative estimate of drug-likeness (QED) is 0.593. The summed E-state index contributed by atoms with van der Waals surface area (Å²) in [5.74, 6) is -1.78. The second-order valence-electron chi connectivity index (χ2n) is 3.32. The molecule has 0 spiro atoms. The first-order valence-corrected chi connectivity index (χ1v) is 4.98. The molecule has 1 rings (SSSR count). The minimum Gasteiger partial charge on any atom is -0.465 e. The zero-order valence-electron chi connectivity index (χ0n) is 10.2. The number of rotatable bonds is 3. The van der Waals surface area contributed by atoms with Crippen LogP contribution in [-0.2, 0) is 14.3 Å². The Morgan fingerprint density at radius 2 is 1.33 bits per heavy atom. The third-order valence-electron chi connectivity index (χ3n) is 2.01. The van der Waals surface area contributed by atoms with Gasteiger partial charge in [0.1, 0.15) is 5.75 Å². The van der Waals surface area contributed by atoms with E-state index in [1.165, 1.54) is 39.3 Å². The normalized spacial score (nSPS) is 9.50. The summed E-state index contributed by atoms with van der Waals surface area (Å²) in [5.41, 5.74) is 0.188. The second kappa shape index (κ2) is 5.81. The van der Waals surface area contributed by atoms with Crippen molar-refractivity contribution in [1.82, 2.24) is 0 Å². The minimum atomic E-state index is -0.644. The van der Waals surface area contributed by atoms with Crippen molar-refractivity contribution in [2.75, 3.05) is 14.2 Å². The van der Waals surface area contributed by atoms with Crippen LogP contribution in [0.4, 0.5) is 0 Å². The van der Waals surface area contributed by atoms with E-state index < -0.39 is 17.9 Å². The summed E-state index contributed by atoms with van der Waals surface area (Å²) in [6.45, 7) is 1.21. The SMILES string of the molecule is COC(=O)c1cc(OC(C)=O)cc(C(=O)OC)c1. The minimum absolute atomic E-state index is 0.0748. The van der Waals surface area contributed by atoms with Crippen molar-refractivity contribution in [2.24, 2.45) is 0 Å². The first kappa shape index (κ1) is 13.7. The van der Waals surface area contributed by atoms with E-state index in [2.05, 4.69) is 9.47 Å². The fourth-order valence-corrected chi connectivity index (χ4v) is 1.30. The largest absolute Gasteiger partial charge is 0.465 e. The van der Waals surface area contributed by atoms with Crippen LogP contribution in [0.25, 0.3) is 0 Å². The molecule has 1 aromatic carbocycles.